The Kier molecular flexibility index (Phi) is 3.54. The van der Waals surface area contributed by atoms with Crippen molar-refractivity contribution >= 4 is 34.5 Å². The molecule has 0 fully saturated rings. The topological polar surface area (TPSA) is 32.3 Å². The molecular formula is C15H15ClN2OS. The number of amides is 1. The molecule has 2 heterocycles. The maximum absolute atomic E-state index is 11.7. The molecule has 20 heavy (non-hydrogen) atoms. The van der Waals surface area contributed by atoms with Crippen molar-refractivity contribution in [2.75, 3.05) is 19.0 Å². The Morgan fingerprint density at radius 2 is 2.15 bits per heavy atom. The maximum Gasteiger partial charge on any atom is 0.231 e. The summed E-state index contributed by atoms with van der Waals surface area (Å²) in [5, 5.41) is 3.31. The molecule has 104 valence electrons. The quantitative estimate of drug-likeness (QED) is 0.944. The Labute approximate surface area is 127 Å². The van der Waals surface area contributed by atoms with E-state index in [4.69, 9.17) is 11.6 Å². The fourth-order valence-electron chi connectivity index (χ4n) is 2.63. The number of carbonyl (C=O) groups excluding carboxylic acids is 1. The molecule has 0 saturated heterocycles. The largest absolute Gasteiger partial charge is 0.315 e. The molecule has 0 spiro atoms. The Hall–Kier alpha value is -1.36. The van der Waals surface area contributed by atoms with Crippen LogP contribution in [0.15, 0.2) is 30.3 Å². The fourth-order valence-corrected chi connectivity index (χ4v) is 3.83. The predicted molar refractivity (Wildman–Crippen MR) is 83.8 cm³/mol. The lowest BCUT2D eigenvalue weighted by molar-refractivity contribution is -0.117. The van der Waals surface area contributed by atoms with Gasteiger partial charge in [-0.1, -0.05) is 23.7 Å². The summed E-state index contributed by atoms with van der Waals surface area (Å²) < 4.78 is 0.788. The molecule has 3 rings (SSSR count). The van der Waals surface area contributed by atoms with Crippen LogP contribution in [0.2, 0.25) is 4.34 Å². The van der Waals surface area contributed by atoms with Gasteiger partial charge in [0.1, 0.15) is 0 Å². The Bertz CT molecular complexity index is 668. The van der Waals surface area contributed by atoms with Crippen LogP contribution in [0.5, 0.6) is 0 Å². The van der Waals surface area contributed by atoms with Gasteiger partial charge in [-0.25, -0.2) is 0 Å². The van der Waals surface area contributed by atoms with Gasteiger partial charge < -0.3 is 10.2 Å². The van der Waals surface area contributed by atoms with Gasteiger partial charge in [-0.05, 0) is 36.4 Å². The van der Waals surface area contributed by atoms with E-state index >= 15 is 0 Å². The second-order valence-electron chi connectivity index (χ2n) is 4.88. The number of fused-ring (bicyclic) bond motifs is 1. The van der Waals surface area contributed by atoms with Gasteiger partial charge in [-0.15, -0.1) is 11.3 Å². The number of benzene rings is 1. The van der Waals surface area contributed by atoms with Crippen LogP contribution in [0.1, 0.15) is 22.0 Å². The molecule has 3 nitrogen and oxygen atoms in total. The lowest BCUT2D eigenvalue weighted by Crippen LogP contribution is -2.20. The van der Waals surface area contributed by atoms with Gasteiger partial charge in [0, 0.05) is 17.6 Å². The van der Waals surface area contributed by atoms with Crippen molar-refractivity contribution in [2.24, 2.45) is 0 Å². The number of rotatable bonds is 3. The first-order chi connectivity index (χ1) is 9.60. The molecule has 1 aliphatic rings. The first-order valence-corrected chi connectivity index (χ1v) is 7.61. The number of nitrogens with one attached hydrogen (secondary N) is 1. The molecule has 0 radical (unpaired) electrons. The third kappa shape index (κ3) is 2.24. The first kappa shape index (κ1) is 13.6. The van der Waals surface area contributed by atoms with E-state index in [1.165, 1.54) is 4.88 Å². The number of likely N-dealkylation sites (N-methyl/N-ethyl adjacent to an activating group) is 1. The van der Waals surface area contributed by atoms with Crippen LogP contribution >= 0.6 is 22.9 Å². The normalized spacial score (nSPS) is 15.6. The minimum atomic E-state index is 0.110. The van der Waals surface area contributed by atoms with Gasteiger partial charge >= 0.3 is 0 Å². The molecule has 1 aromatic carbocycles. The number of hydrogen-bond donors (Lipinski definition) is 1. The van der Waals surface area contributed by atoms with Crippen molar-refractivity contribution in [3.63, 3.8) is 0 Å². The van der Waals surface area contributed by atoms with E-state index in [0.717, 1.165) is 21.2 Å². The Morgan fingerprint density at radius 3 is 2.80 bits per heavy atom. The number of nitrogens with zero attached hydrogens (tertiary/aromatic N) is 1. The Morgan fingerprint density at radius 1 is 1.35 bits per heavy atom. The molecule has 1 aliphatic heterocycles. The van der Waals surface area contributed by atoms with Gasteiger partial charge in [0.05, 0.1) is 16.8 Å². The molecule has 5 heteroatoms. The summed E-state index contributed by atoms with van der Waals surface area (Å²) in [7, 11) is 3.76. The smallest absolute Gasteiger partial charge is 0.231 e. The van der Waals surface area contributed by atoms with Crippen LogP contribution in [-0.2, 0) is 11.2 Å². The van der Waals surface area contributed by atoms with E-state index in [-0.39, 0.29) is 11.9 Å². The average molecular weight is 307 g/mol. The van der Waals surface area contributed by atoms with Crippen LogP contribution in [0, 0.1) is 0 Å². The minimum absolute atomic E-state index is 0.110. The minimum Gasteiger partial charge on any atom is -0.315 e. The van der Waals surface area contributed by atoms with Crippen LogP contribution in [0.25, 0.3) is 0 Å². The van der Waals surface area contributed by atoms with Crippen molar-refractivity contribution in [3.8, 4) is 0 Å². The number of carbonyl (C=O) groups is 1. The number of hydrogen-bond acceptors (Lipinski definition) is 3. The summed E-state index contributed by atoms with van der Waals surface area (Å²) in [4.78, 5) is 14.6. The summed E-state index contributed by atoms with van der Waals surface area (Å²) in [6.07, 6.45) is 0.487. The van der Waals surface area contributed by atoms with E-state index in [0.29, 0.717) is 6.42 Å². The maximum atomic E-state index is 11.7. The molecule has 1 N–H and O–H groups in total. The van der Waals surface area contributed by atoms with E-state index in [2.05, 4.69) is 17.4 Å². The van der Waals surface area contributed by atoms with Gasteiger partial charge in [0.25, 0.3) is 0 Å². The van der Waals surface area contributed by atoms with E-state index in [1.807, 2.05) is 32.3 Å². The van der Waals surface area contributed by atoms with Crippen molar-refractivity contribution in [2.45, 2.75) is 12.5 Å². The lowest BCUT2D eigenvalue weighted by Gasteiger charge is -2.17. The summed E-state index contributed by atoms with van der Waals surface area (Å²) in [6, 6.07) is 10.3. The lowest BCUT2D eigenvalue weighted by atomic mass is 10.0. The molecule has 1 atom stereocenters. The summed E-state index contributed by atoms with van der Waals surface area (Å²) >= 11 is 7.60. The van der Waals surface area contributed by atoms with Crippen LogP contribution in [0.3, 0.4) is 0 Å². The van der Waals surface area contributed by atoms with Crippen LogP contribution < -0.4 is 10.2 Å². The monoisotopic (exact) mass is 306 g/mol. The average Bonchev–Trinajstić information content (AvgIpc) is 2.96. The summed E-state index contributed by atoms with van der Waals surface area (Å²) in [6.45, 7) is 0. The van der Waals surface area contributed by atoms with Crippen molar-refractivity contribution < 1.29 is 4.79 Å². The second-order valence-corrected chi connectivity index (χ2v) is 6.63. The molecule has 1 unspecified atom stereocenters. The highest BCUT2D eigenvalue weighted by Crippen LogP contribution is 2.34. The third-order valence-corrected chi connectivity index (χ3v) is 4.98. The van der Waals surface area contributed by atoms with Crippen molar-refractivity contribution in [3.05, 3.63) is 50.7 Å². The van der Waals surface area contributed by atoms with Crippen molar-refractivity contribution in [1.29, 1.82) is 0 Å². The van der Waals surface area contributed by atoms with Gasteiger partial charge in [0.15, 0.2) is 0 Å². The van der Waals surface area contributed by atoms with Gasteiger partial charge in [-0.3, -0.25) is 4.79 Å². The fraction of sp³-hybridized carbons (Fsp3) is 0.267. The zero-order chi connectivity index (χ0) is 14.3. The van der Waals surface area contributed by atoms with E-state index in [9.17, 15) is 4.79 Å². The van der Waals surface area contributed by atoms with Crippen LogP contribution in [-0.4, -0.2) is 20.0 Å². The number of anilines is 1. The standard InChI is InChI=1S/C15H15ClN2OS/c1-17-15(12-5-6-13(16)20-12)9-3-4-11-10(7-9)8-14(19)18(11)2/h3-7,15,17H,8H2,1-2H3. The highest BCUT2D eigenvalue weighted by molar-refractivity contribution is 7.16. The predicted octanol–water partition coefficient (Wildman–Crippen LogP) is 3.23. The van der Waals surface area contributed by atoms with E-state index in [1.54, 1.807) is 16.2 Å². The number of thiophene rings is 1. The highest BCUT2D eigenvalue weighted by atomic mass is 35.5. The molecular weight excluding hydrogens is 292 g/mol. The first-order valence-electron chi connectivity index (χ1n) is 6.42. The zero-order valence-corrected chi connectivity index (χ0v) is 12.9. The molecule has 1 aromatic heterocycles. The summed E-state index contributed by atoms with van der Waals surface area (Å²) in [5.74, 6) is 0.150. The zero-order valence-electron chi connectivity index (χ0n) is 11.3. The van der Waals surface area contributed by atoms with Gasteiger partial charge in [0.2, 0.25) is 5.91 Å². The molecule has 2 aromatic rings. The van der Waals surface area contributed by atoms with Crippen molar-refractivity contribution in [1.82, 2.24) is 5.32 Å². The number of halogens is 1. The van der Waals surface area contributed by atoms with Crippen LogP contribution in [0.4, 0.5) is 5.69 Å². The molecule has 0 saturated carbocycles. The molecule has 0 bridgehead atoms. The van der Waals surface area contributed by atoms with E-state index < -0.39 is 0 Å². The Balaban J connectivity index is 1.98. The SMILES string of the molecule is CNC(c1ccc2c(c1)CC(=O)N2C)c1ccc(Cl)s1. The third-order valence-electron chi connectivity index (χ3n) is 3.68. The highest BCUT2D eigenvalue weighted by Gasteiger charge is 2.25. The summed E-state index contributed by atoms with van der Waals surface area (Å²) in [5.41, 5.74) is 3.27. The molecule has 1 amide bonds. The molecule has 0 aliphatic carbocycles. The van der Waals surface area contributed by atoms with Gasteiger partial charge in [-0.2, -0.15) is 0 Å². The second kappa shape index (κ2) is 5.20.